The maximum absolute atomic E-state index is 12.4. The van der Waals surface area contributed by atoms with E-state index in [9.17, 15) is 13.2 Å². The molecule has 1 amide bonds. The van der Waals surface area contributed by atoms with Crippen LogP contribution < -0.4 is 10.0 Å². The molecule has 2 aromatic carbocycles. The summed E-state index contributed by atoms with van der Waals surface area (Å²) >= 11 is 0. The summed E-state index contributed by atoms with van der Waals surface area (Å²) in [6.45, 7) is 4.46. The van der Waals surface area contributed by atoms with Crippen molar-refractivity contribution in [2.75, 3.05) is 6.54 Å². The van der Waals surface area contributed by atoms with Crippen LogP contribution in [0.15, 0.2) is 64.5 Å². The van der Waals surface area contributed by atoms with E-state index >= 15 is 0 Å². The minimum atomic E-state index is -3.56. The first kappa shape index (κ1) is 20.1. The molecule has 7 heteroatoms. The molecule has 0 bridgehead atoms. The Kier molecular flexibility index (Phi) is 6.14. The molecule has 1 aliphatic heterocycles. The zero-order chi connectivity index (χ0) is 20.1. The molecule has 0 saturated carbocycles. The van der Waals surface area contributed by atoms with Gasteiger partial charge in [-0.05, 0) is 30.0 Å². The van der Waals surface area contributed by atoms with Crippen LogP contribution in [0.3, 0.4) is 0 Å². The molecule has 0 unspecified atom stereocenters. The van der Waals surface area contributed by atoms with Gasteiger partial charge in [0.05, 0.1) is 17.5 Å². The van der Waals surface area contributed by atoms with Crippen LogP contribution in [0.1, 0.15) is 43.9 Å². The zero-order valence-corrected chi connectivity index (χ0v) is 16.9. The molecule has 3 rings (SSSR count). The van der Waals surface area contributed by atoms with E-state index in [0.29, 0.717) is 17.3 Å². The van der Waals surface area contributed by atoms with Crippen molar-refractivity contribution in [2.45, 2.75) is 37.6 Å². The van der Waals surface area contributed by atoms with Gasteiger partial charge in [0.1, 0.15) is 5.84 Å². The first-order valence-electron chi connectivity index (χ1n) is 9.38. The van der Waals surface area contributed by atoms with Crippen LogP contribution in [0.4, 0.5) is 0 Å². The summed E-state index contributed by atoms with van der Waals surface area (Å²) in [5, 5.41) is 3.08. The fourth-order valence-electron chi connectivity index (χ4n) is 3.22. The van der Waals surface area contributed by atoms with E-state index in [1.165, 1.54) is 0 Å². The standard InChI is InChI=1S/C21H25N3O3S/c1-15(2)14-18(16-8-4-3-5-9-16)23-20(25)12-13-22-21-17-10-6-7-11-19(17)28(26,27)24-21/h3-11,15,18H,12-14H2,1-2H3,(H,22,24)(H,23,25)/t18-/m0/s1. The van der Waals surface area contributed by atoms with Crippen LogP contribution in [-0.2, 0) is 14.8 Å². The van der Waals surface area contributed by atoms with Crippen LogP contribution in [0.2, 0.25) is 0 Å². The van der Waals surface area contributed by atoms with E-state index in [2.05, 4.69) is 28.9 Å². The molecule has 1 aliphatic rings. The largest absolute Gasteiger partial charge is 0.349 e. The van der Waals surface area contributed by atoms with Crippen molar-refractivity contribution in [1.82, 2.24) is 10.0 Å². The Hall–Kier alpha value is -2.67. The molecule has 1 heterocycles. The number of carbonyl (C=O) groups is 1. The summed E-state index contributed by atoms with van der Waals surface area (Å²) < 4.78 is 26.6. The van der Waals surface area contributed by atoms with Crippen LogP contribution in [0.25, 0.3) is 0 Å². The van der Waals surface area contributed by atoms with Crippen molar-refractivity contribution in [1.29, 1.82) is 0 Å². The molecule has 0 saturated heterocycles. The molecule has 0 fully saturated rings. The fourth-order valence-corrected chi connectivity index (χ4v) is 4.47. The lowest BCUT2D eigenvalue weighted by Gasteiger charge is -2.21. The molecule has 148 valence electrons. The number of rotatable bonds is 7. The highest BCUT2D eigenvalue weighted by atomic mass is 32.2. The summed E-state index contributed by atoms with van der Waals surface area (Å²) in [6.07, 6.45) is 1.03. The van der Waals surface area contributed by atoms with Gasteiger partial charge in [-0.1, -0.05) is 56.3 Å². The Bertz CT molecular complexity index is 969. The predicted molar refractivity (Wildman–Crippen MR) is 110 cm³/mol. The van der Waals surface area contributed by atoms with Crippen LogP contribution in [-0.4, -0.2) is 26.7 Å². The normalized spacial score (nSPS) is 17.2. The molecule has 2 N–H and O–H groups in total. The minimum absolute atomic E-state index is 0.0490. The molecule has 0 radical (unpaired) electrons. The molecule has 2 aromatic rings. The van der Waals surface area contributed by atoms with Gasteiger partial charge in [-0.25, -0.2) is 8.42 Å². The number of hydrogen-bond donors (Lipinski definition) is 2. The number of amidine groups is 1. The molecule has 6 nitrogen and oxygen atoms in total. The molecule has 0 spiro atoms. The third-order valence-electron chi connectivity index (χ3n) is 4.52. The molecule has 1 atom stereocenters. The Morgan fingerprint density at radius 2 is 1.75 bits per heavy atom. The van der Waals surface area contributed by atoms with Crippen molar-refractivity contribution < 1.29 is 13.2 Å². The van der Waals surface area contributed by atoms with Gasteiger partial charge in [0, 0.05) is 12.0 Å². The maximum Gasteiger partial charge on any atom is 0.263 e. The number of aliphatic imine (C=N–C) groups is 1. The quantitative estimate of drug-likeness (QED) is 0.750. The smallest absolute Gasteiger partial charge is 0.263 e. The second-order valence-electron chi connectivity index (χ2n) is 7.24. The SMILES string of the molecule is CC(C)C[C@H](NC(=O)CCN=C1NS(=O)(=O)c2ccccc21)c1ccccc1. The van der Waals surface area contributed by atoms with Crippen LogP contribution in [0, 0.1) is 5.92 Å². The Morgan fingerprint density at radius 1 is 1.07 bits per heavy atom. The van der Waals surface area contributed by atoms with E-state index in [1.807, 2.05) is 30.3 Å². The first-order chi connectivity index (χ1) is 13.4. The summed E-state index contributed by atoms with van der Waals surface area (Å²) in [5.74, 6) is 0.633. The number of nitrogens with zero attached hydrogens (tertiary/aromatic N) is 1. The second kappa shape index (κ2) is 8.56. The number of nitrogens with one attached hydrogen (secondary N) is 2. The molecular weight excluding hydrogens is 374 g/mol. The lowest BCUT2D eigenvalue weighted by Crippen LogP contribution is -2.30. The monoisotopic (exact) mass is 399 g/mol. The number of fused-ring (bicyclic) bond motifs is 1. The van der Waals surface area contributed by atoms with Gasteiger partial charge in [0.25, 0.3) is 10.0 Å². The van der Waals surface area contributed by atoms with Crippen molar-refractivity contribution >= 4 is 21.8 Å². The van der Waals surface area contributed by atoms with Gasteiger partial charge in [-0.3, -0.25) is 14.5 Å². The number of amides is 1. The number of carbonyl (C=O) groups excluding carboxylic acids is 1. The topological polar surface area (TPSA) is 87.6 Å². The predicted octanol–water partition coefficient (Wildman–Crippen LogP) is 3.02. The molecule has 0 aliphatic carbocycles. The van der Waals surface area contributed by atoms with Gasteiger partial charge >= 0.3 is 0 Å². The number of sulfonamides is 1. The highest BCUT2D eigenvalue weighted by Gasteiger charge is 2.30. The number of hydrogen-bond acceptors (Lipinski definition) is 4. The second-order valence-corrected chi connectivity index (χ2v) is 8.89. The summed E-state index contributed by atoms with van der Waals surface area (Å²) in [4.78, 5) is 17.0. The van der Waals surface area contributed by atoms with Gasteiger partial charge < -0.3 is 5.32 Å². The number of benzene rings is 2. The average molecular weight is 400 g/mol. The molecular formula is C21H25N3O3S. The third-order valence-corrected chi connectivity index (χ3v) is 5.91. The van der Waals surface area contributed by atoms with Gasteiger partial charge in [0.2, 0.25) is 5.91 Å². The van der Waals surface area contributed by atoms with Gasteiger partial charge in [0.15, 0.2) is 0 Å². The summed E-state index contributed by atoms with van der Waals surface area (Å²) in [6, 6.07) is 16.5. The van der Waals surface area contributed by atoms with E-state index in [1.54, 1.807) is 24.3 Å². The Balaban J connectivity index is 1.63. The van der Waals surface area contributed by atoms with E-state index in [-0.39, 0.29) is 29.8 Å². The zero-order valence-electron chi connectivity index (χ0n) is 16.1. The van der Waals surface area contributed by atoms with Crippen molar-refractivity contribution in [3.8, 4) is 0 Å². The highest BCUT2D eigenvalue weighted by molar-refractivity contribution is 7.90. The lowest BCUT2D eigenvalue weighted by molar-refractivity contribution is -0.121. The van der Waals surface area contributed by atoms with Crippen molar-refractivity contribution in [2.24, 2.45) is 10.9 Å². The van der Waals surface area contributed by atoms with Crippen LogP contribution in [0.5, 0.6) is 0 Å². The minimum Gasteiger partial charge on any atom is -0.349 e. The van der Waals surface area contributed by atoms with E-state index < -0.39 is 10.0 Å². The van der Waals surface area contributed by atoms with Gasteiger partial charge in [-0.15, -0.1) is 0 Å². The molecule has 0 aromatic heterocycles. The van der Waals surface area contributed by atoms with E-state index in [4.69, 9.17) is 0 Å². The van der Waals surface area contributed by atoms with Crippen molar-refractivity contribution in [3.05, 3.63) is 65.7 Å². The van der Waals surface area contributed by atoms with Gasteiger partial charge in [-0.2, -0.15) is 0 Å². The fraction of sp³-hybridized carbons (Fsp3) is 0.333. The van der Waals surface area contributed by atoms with Crippen molar-refractivity contribution in [3.63, 3.8) is 0 Å². The van der Waals surface area contributed by atoms with E-state index in [0.717, 1.165) is 12.0 Å². The Morgan fingerprint density at radius 3 is 2.46 bits per heavy atom. The average Bonchev–Trinajstić information content (AvgIpc) is 2.92. The summed E-state index contributed by atoms with van der Waals surface area (Å²) in [7, 11) is -3.56. The first-order valence-corrected chi connectivity index (χ1v) is 10.9. The lowest BCUT2D eigenvalue weighted by atomic mass is 9.97. The highest BCUT2D eigenvalue weighted by Crippen LogP contribution is 2.23. The Labute approximate surface area is 166 Å². The molecule has 28 heavy (non-hydrogen) atoms. The third kappa shape index (κ3) is 4.78. The summed E-state index contributed by atoms with van der Waals surface area (Å²) in [5.41, 5.74) is 1.62. The van der Waals surface area contributed by atoms with Crippen LogP contribution >= 0.6 is 0 Å². The maximum atomic E-state index is 12.4.